The van der Waals surface area contributed by atoms with E-state index in [0.29, 0.717) is 5.84 Å². The number of hydrogen-bond acceptors (Lipinski definition) is 1. The lowest BCUT2D eigenvalue weighted by Gasteiger charge is -2.04. The first kappa shape index (κ1) is 11.4. The Labute approximate surface area is 102 Å². The molecule has 0 bridgehead atoms. The zero-order valence-corrected chi connectivity index (χ0v) is 10.1. The third-order valence-electron chi connectivity index (χ3n) is 2.66. The smallest absolute Gasteiger partial charge is 0.131 e. The number of benzene rings is 2. The fourth-order valence-electron chi connectivity index (χ4n) is 1.73. The van der Waals surface area contributed by atoms with Crippen molar-refractivity contribution in [1.82, 2.24) is 0 Å². The Balaban J connectivity index is 2.36. The van der Waals surface area contributed by atoms with Crippen LogP contribution in [0.4, 0.5) is 5.69 Å². The first-order chi connectivity index (χ1) is 8.16. The lowest BCUT2D eigenvalue weighted by molar-refractivity contribution is 1.33. The zero-order valence-electron chi connectivity index (χ0n) is 10.1. The van der Waals surface area contributed by atoms with Gasteiger partial charge in [0.15, 0.2) is 0 Å². The molecule has 0 aromatic heterocycles. The normalized spacial score (nSPS) is 11.5. The highest BCUT2D eigenvalue weighted by Crippen LogP contribution is 2.20. The molecule has 0 saturated carbocycles. The molecule has 0 atom stereocenters. The lowest BCUT2D eigenvalue weighted by atomic mass is 10.1. The molecule has 0 heterocycles. The summed E-state index contributed by atoms with van der Waals surface area (Å²) in [7, 11) is 0. The second-order valence-electron chi connectivity index (χ2n) is 4.15. The van der Waals surface area contributed by atoms with Crippen molar-refractivity contribution in [2.75, 3.05) is 0 Å². The van der Waals surface area contributed by atoms with Crippen LogP contribution in [0.3, 0.4) is 0 Å². The summed E-state index contributed by atoms with van der Waals surface area (Å²) in [6.07, 6.45) is 0. The van der Waals surface area contributed by atoms with Gasteiger partial charge >= 0.3 is 0 Å². The van der Waals surface area contributed by atoms with Crippen molar-refractivity contribution < 1.29 is 0 Å². The maximum atomic E-state index is 5.98. The first-order valence-corrected chi connectivity index (χ1v) is 5.63. The molecule has 0 radical (unpaired) electrons. The van der Waals surface area contributed by atoms with E-state index in [1.165, 1.54) is 5.56 Å². The molecule has 0 amide bonds. The molecule has 0 unspecified atom stereocenters. The highest BCUT2D eigenvalue weighted by molar-refractivity contribution is 5.99. The summed E-state index contributed by atoms with van der Waals surface area (Å²) < 4.78 is 0. The van der Waals surface area contributed by atoms with Crippen LogP contribution in [0.2, 0.25) is 0 Å². The van der Waals surface area contributed by atoms with Gasteiger partial charge in [0.1, 0.15) is 5.84 Å². The van der Waals surface area contributed by atoms with Crippen molar-refractivity contribution in [2.24, 2.45) is 10.7 Å². The number of aliphatic imine (C=N–C) groups is 1. The molecule has 2 heteroatoms. The van der Waals surface area contributed by atoms with Gasteiger partial charge in [0, 0.05) is 5.56 Å². The molecule has 0 spiro atoms. The van der Waals surface area contributed by atoms with Gasteiger partial charge in [-0.2, -0.15) is 0 Å². The van der Waals surface area contributed by atoms with E-state index in [0.717, 1.165) is 16.8 Å². The number of nitrogens with zero attached hydrogens (tertiary/aromatic N) is 1. The van der Waals surface area contributed by atoms with Gasteiger partial charge < -0.3 is 5.73 Å². The molecule has 0 saturated heterocycles. The molecule has 2 aromatic carbocycles. The van der Waals surface area contributed by atoms with Crippen LogP contribution < -0.4 is 5.73 Å². The standard InChI is InChI=1S/C15H16N2/c1-11-8-9-14(12(2)10-11)17-15(16)13-6-4-3-5-7-13/h3-10H,1-2H3,(H2,16,17). The van der Waals surface area contributed by atoms with E-state index >= 15 is 0 Å². The minimum absolute atomic E-state index is 0.553. The van der Waals surface area contributed by atoms with Crippen LogP contribution in [0.25, 0.3) is 0 Å². The third-order valence-corrected chi connectivity index (χ3v) is 2.66. The highest BCUT2D eigenvalue weighted by atomic mass is 14.9. The van der Waals surface area contributed by atoms with E-state index in [1.807, 2.05) is 49.4 Å². The van der Waals surface area contributed by atoms with Crippen LogP contribution in [-0.4, -0.2) is 5.84 Å². The molecular weight excluding hydrogens is 208 g/mol. The van der Waals surface area contributed by atoms with Crippen molar-refractivity contribution in [3.63, 3.8) is 0 Å². The Hall–Kier alpha value is -2.09. The zero-order chi connectivity index (χ0) is 12.3. The van der Waals surface area contributed by atoms with Crippen LogP contribution in [0.1, 0.15) is 16.7 Å². The van der Waals surface area contributed by atoms with Crippen molar-refractivity contribution in [3.8, 4) is 0 Å². The summed E-state index contributed by atoms with van der Waals surface area (Å²) in [6.45, 7) is 4.12. The van der Waals surface area contributed by atoms with Crippen molar-refractivity contribution in [2.45, 2.75) is 13.8 Å². The van der Waals surface area contributed by atoms with Crippen LogP contribution in [0.15, 0.2) is 53.5 Å². The topological polar surface area (TPSA) is 38.4 Å². The van der Waals surface area contributed by atoms with Gasteiger partial charge in [0.25, 0.3) is 0 Å². The van der Waals surface area contributed by atoms with Gasteiger partial charge in [0.05, 0.1) is 5.69 Å². The summed E-state index contributed by atoms with van der Waals surface area (Å²) in [5.74, 6) is 0.553. The fourth-order valence-corrected chi connectivity index (χ4v) is 1.73. The van der Waals surface area contributed by atoms with Crippen molar-refractivity contribution >= 4 is 11.5 Å². The molecule has 0 aliphatic heterocycles. The Bertz CT molecular complexity index is 542. The number of aryl methyl sites for hydroxylation is 2. The fraction of sp³-hybridized carbons (Fsp3) is 0.133. The Morgan fingerprint density at radius 2 is 1.71 bits per heavy atom. The van der Waals surface area contributed by atoms with E-state index in [9.17, 15) is 0 Å². The molecule has 2 nitrogen and oxygen atoms in total. The van der Waals surface area contributed by atoms with Gasteiger partial charge in [-0.1, -0.05) is 48.0 Å². The van der Waals surface area contributed by atoms with Gasteiger partial charge in [-0.15, -0.1) is 0 Å². The van der Waals surface area contributed by atoms with Crippen LogP contribution >= 0.6 is 0 Å². The molecule has 2 aromatic rings. The number of rotatable bonds is 2. The van der Waals surface area contributed by atoms with Crippen LogP contribution in [0.5, 0.6) is 0 Å². The number of nitrogens with two attached hydrogens (primary N) is 1. The highest BCUT2D eigenvalue weighted by Gasteiger charge is 2.00. The maximum absolute atomic E-state index is 5.98. The first-order valence-electron chi connectivity index (χ1n) is 5.63. The van der Waals surface area contributed by atoms with Gasteiger partial charge in [-0.25, -0.2) is 4.99 Å². The molecule has 0 aliphatic carbocycles. The quantitative estimate of drug-likeness (QED) is 0.616. The average Bonchev–Trinajstić information content (AvgIpc) is 2.34. The molecule has 17 heavy (non-hydrogen) atoms. The van der Waals surface area contributed by atoms with Gasteiger partial charge in [-0.3, -0.25) is 0 Å². The number of amidine groups is 1. The van der Waals surface area contributed by atoms with Gasteiger partial charge in [-0.05, 0) is 25.5 Å². The summed E-state index contributed by atoms with van der Waals surface area (Å²) in [5, 5.41) is 0. The minimum Gasteiger partial charge on any atom is -0.383 e. The summed E-state index contributed by atoms with van der Waals surface area (Å²) >= 11 is 0. The molecule has 0 aliphatic rings. The molecule has 2 N–H and O–H groups in total. The Kier molecular flexibility index (Phi) is 3.24. The second-order valence-corrected chi connectivity index (χ2v) is 4.15. The average molecular weight is 224 g/mol. The third kappa shape index (κ3) is 2.72. The van der Waals surface area contributed by atoms with Gasteiger partial charge in [0.2, 0.25) is 0 Å². The van der Waals surface area contributed by atoms with Crippen LogP contribution in [0, 0.1) is 13.8 Å². The summed E-state index contributed by atoms with van der Waals surface area (Å²) in [6, 6.07) is 16.0. The van der Waals surface area contributed by atoms with Crippen molar-refractivity contribution in [1.29, 1.82) is 0 Å². The molecular formula is C15H16N2. The van der Waals surface area contributed by atoms with E-state index in [4.69, 9.17) is 5.73 Å². The van der Waals surface area contributed by atoms with E-state index in [1.54, 1.807) is 0 Å². The lowest BCUT2D eigenvalue weighted by Crippen LogP contribution is -2.12. The number of hydrogen-bond donors (Lipinski definition) is 1. The summed E-state index contributed by atoms with van der Waals surface area (Å²) in [4.78, 5) is 4.46. The molecule has 86 valence electrons. The van der Waals surface area contributed by atoms with E-state index in [2.05, 4.69) is 18.0 Å². The Morgan fingerprint density at radius 1 is 1.00 bits per heavy atom. The maximum Gasteiger partial charge on any atom is 0.131 e. The predicted octanol–water partition coefficient (Wildman–Crippen LogP) is 3.34. The molecule has 0 fully saturated rings. The SMILES string of the molecule is Cc1ccc(N=C(N)c2ccccc2)c(C)c1. The van der Waals surface area contributed by atoms with E-state index in [-0.39, 0.29) is 0 Å². The summed E-state index contributed by atoms with van der Waals surface area (Å²) in [5.41, 5.74) is 10.2. The largest absolute Gasteiger partial charge is 0.383 e. The predicted molar refractivity (Wildman–Crippen MR) is 72.7 cm³/mol. The second kappa shape index (κ2) is 4.83. The molecule has 2 rings (SSSR count). The monoisotopic (exact) mass is 224 g/mol. The van der Waals surface area contributed by atoms with Crippen LogP contribution in [-0.2, 0) is 0 Å². The van der Waals surface area contributed by atoms with Crippen molar-refractivity contribution in [3.05, 3.63) is 65.2 Å². The van der Waals surface area contributed by atoms with E-state index < -0.39 is 0 Å². The Morgan fingerprint density at radius 3 is 2.35 bits per heavy atom. The minimum atomic E-state index is 0.553.